The third-order valence-electron chi connectivity index (χ3n) is 2.68. The second-order valence-electron chi connectivity index (χ2n) is 4.04. The summed E-state index contributed by atoms with van der Waals surface area (Å²) in [6, 6.07) is 6.79. The van der Waals surface area contributed by atoms with Crippen molar-refractivity contribution < 1.29 is 9.31 Å². The lowest BCUT2D eigenvalue weighted by Crippen LogP contribution is -2.12. The summed E-state index contributed by atoms with van der Waals surface area (Å²) >= 11 is 0. The van der Waals surface area contributed by atoms with Gasteiger partial charge in [-0.1, -0.05) is 0 Å². The Morgan fingerprint density at radius 2 is 2.15 bits per heavy atom. The molecule has 20 heavy (non-hydrogen) atoms. The summed E-state index contributed by atoms with van der Waals surface area (Å²) in [5, 5.41) is 19.4. The van der Waals surface area contributed by atoms with Gasteiger partial charge in [0.05, 0.1) is 29.3 Å². The van der Waals surface area contributed by atoms with Crippen molar-refractivity contribution in [2.45, 2.75) is 6.54 Å². The van der Waals surface area contributed by atoms with Crippen molar-refractivity contribution in [2.75, 3.05) is 0 Å². The number of benzene rings is 1. The highest BCUT2D eigenvalue weighted by molar-refractivity contribution is 5.34. The van der Waals surface area contributed by atoms with Crippen molar-refractivity contribution in [3.63, 3.8) is 0 Å². The van der Waals surface area contributed by atoms with Gasteiger partial charge in [-0.25, -0.2) is 4.39 Å². The van der Waals surface area contributed by atoms with Crippen LogP contribution in [-0.2, 0) is 6.54 Å². The fourth-order valence-electron chi connectivity index (χ4n) is 1.71. The molecule has 2 rings (SSSR count). The first-order valence-corrected chi connectivity index (χ1v) is 5.54. The maximum absolute atomic E-state index is 13.6. The minimum Gasteiger partial charge on any atom is -0.344 e. The van der Waals surface area contributed by atoms with Crippen LogP contribution < -0.4 is 5.43 Å². The molecule has 0 atom stereocenters. The monoisotopic (exact) mass is 273 g/mol. The fraction of sp³-hybridized carbons (Fsp3) is 0.0769. The summed E-state index contributed by atoms with van der Waals surface area (Å²) in [5.41, 5.74) is -0.791. The third kappa shape index (κ3) is 2.70. The number of hydrogen-bond acceptors (Lipinski definition) is 4. The van der Waals surface area contributed by atoms with Gasteiger partial charge < -0.3 is 4.57 Å². The molecule has 0 aliphatic heterocycles. The van der Waals surface area contributed by atoms with E-state index in [1.807, 2.05) is 6.07 Å². The lowest BCUT2D eigenvalue weighted by molar-refractivity contribution is -0.386. The maximum Gasteiger partial charge on any atom is 0.332 e. The largest absolute Gasteiger partial charge is 0.344 e. The molecule has 7 heteroatoms. The molecule has 0 N–H and O–H groups in total. The van der Waals surface area contributed by atoms with Crippen molar-refractivity contribution in [3.8, 4) is 6.07 Å². The smallest absolute Gasteiger partial charge is 0.332 e. The van der Waals surface area contributed by atoms with E-state index in [4.69, 9.17) is 5.26 Å². The highest BCUT2D eigenvalue weighted by atomic mass is 19.1. The average Bonchev–Trinajstić information content (AvgIpc) is 2.43. The number of pyridine rings is 1. The van der Waals surface area contributed by atoms with Gasteiger partial charge in [0, 0.05) is 17.8 Å². The molecule has 0 spiro atoms. The third-order valence-corrected chi connectivity index (χ3v) is 2.68. The van der Waals surface area contributed by atoms with E-state index in [1.54, 1.807) is 0 Å². The van der Waals surface area contributed by atoms with E-state index in [-0.39, 0.29) is 17.7 Å². The predicted octanol–water partition coefficient (Wildman–Crippen LogP) is 1.82. The summed E-state index contributed by atoms with van der Waals surface area (Å²) in [4.78, 5) is 21.1. The van der Waals surface area contributed by atoms with E-state index >= 15 is 0 Å². The molecule has 0 saturated heterocycles. The van der Waals surface area contributed by atoms with Crippen molar-refractivity contribution in [2.24, 2.45) is 0 Å². The average molecular weight is 273 g/mol. The molecular weight excluding hydrogens is 265 g/mol. The lowest BCUT2D eigenvalue weighted by Gasteiger charge is -2.07. The highest BCUT2D eigenvalue weighted by Gasteiger charge is 2.12. The molecule has 0 aliphatic rings. The van der Waals surface area contributed by atoms with Crippen LogP contribution in [0, 0.1) is 27.3 Å². The Bertz CT molecular complexity index is 777. The van der Waals surface area contributed by atoms with E-state index in [2.05, 4.69) is 0 Å². The van der Waals surface area contributed by atoms with Crippen molar-refractivity contribution >= 4 is 5.69 Å². The summed E-state index contributed by atoms with van der Waals surface area (Å²) in [6.07, 6.45) is 2.37. The Labute approximate surface area is 112 Å². The van der Waals surface area contributed by atoms with E-state index in [0.717, 1.165) is 18.3 Å². The molecule has 0 aliphatic carbocycles. The molecule has 0 radical (unpaired) electrons. The quantitative estimate of drug-likeness (QED) is 0.630. The van der Waals surface area contributed by atoms with Gasteiger partial charge in [-0.3, -0.25) is 14.9 Å². The summed E-state index contributed by atoms with van der Waals surface area (Å²) < 4.78 is 14.9. The molecule has 0 bridgehead atoms. The lowest BCUT2D eigenvalue weighted by atomic mass is 10.1. The van der Waals surface area contributed by atoms with Crippen LogP contribution in [-0.4, -0.2) is 9.49 Å². The van der Waals surface area contributed by atoms with Crippen LogP contribution in [0.3, 0.4) is 0 Å². The molecule has 0 fully saturated rings. The molecule has 0 saturated carbocycles. The number of nitro groups is 1. The van der Waals surface area contributed by atoms with Crippen LogP contribution in [0.15, 0.2) is 41.5 Å². The first kappa shape index (κ1) is 13.4. The highest BCUT2D eigenvalue weighted by Crippen LogP contribution is 2.13. The molecule has 2 aromatic rings. The molecular formula is C13H8FN3O3. The zero-order chi connectivity index (χ0) is 14.7. The summed E-state index contributed by atoms with van der Waals surface area (Å²) in [7, 11) is 0. The Kier molecular flexibility index (Phi) is 3.57. The van der Waals surface area contributed by atoms with Gasteiger partial charge in [0.2, 0.25) is 0 Å². The number of nitriles is 1. The summed E-state index contributed by atoms with van der Waals surface area (Å²) in [6.45, 7) is -0.0114. The number of nitrogens with zero attached hydrogens (tertiary/aromatic N) is 3. The van der Waals surface area contributed by atoms with E-state index < -0.39 is 21.9 Å². The van der Waals surface area contributed by atoms with Gasteiger partial charge in [0.15, 0.2) is 0 Å². The van der Waals surface area contributed by atoms with Gasteiger partial charge in [0.25, 0.3) is 5.43 Å². The van der Waals surface area contributed by atoms with Gasteiger partial charge in [-0.15, -0.1) is 0 Å². The zero-order valence-corrected chi connectivity index (χ0v) is 10.1. The molecule has 6 nitrogen and oxygen atoms in total. The van der Waals surface area contributed by atoms with E-state index in [1.165, 1.54) is 22.9 Å². The second-order valence-corrected chi connectivity index (χ2v) is 4.04. The summed E-state index contributed by atoms with van der Waals surface area (Å²) in [5.74, 6) is -0.523. The standard InChI is InChI=1S/C13H8FN3O3/c14-11-2-1-9(6-15)5-10(11)7-16-4-3-13(18)12(8-16)17(19)20/h1-5,8H,7H2. The van der Waals surface area contributed by atoms with Gasteiger partial charge in [-0.05, 0) is 18.2 Å². The Morgan fingerprint density at radius 1 is 1.40 bits per heavy atom. The Balaban J connectivity index is 2.40. The molecule has 100 valence electrons. The van der Waals surface area contributed by atoms with E-state index in [0.29, 0.717) is 0 Å². The van der Waals surface area contributed by atoms with Crippen LogP contribution >= 0.6 is 0 Å². The second kappa shape index (κ2) is 5.32. The van der Waals surface area contributed by atoms with Crippen molar-refractivity contribution in [1.82, 2.24) is 4.57 Å². The normalized spacial score (nSPS) is 10.0. The fourth-order valence-corrected chi connectivity index (χ4v) is 1.71. The molecule has 1 aromatic carbocycles. The topological polar surface area (TPSA) is 88.9 Å². The van der Waals surface area contributed by atoms with Crippen LogP contribution in [0.1, 0.15) is 11.1 Å². The first-order chi connectivity index (χ1) is 9.51. The molecule has 0 unspecified atom stereocenters. The van der Waals surface area contributed by atoms with Crippen molar-refractivity contribution in [3.05, 3.63) is 73.9 Å². The number of halogens is 1. The maximum atomic E-state index is 13.6. The van der Waals surface area contributed by atoms with Gasteiger partial charge in [0.1, 0.15) is 5.82 Å². The molecule has 1 heterocycles. The van der Waals surface area contributed by atoms with Gasteiger partial charge >= 0.3 is 5.69 Å². The van der Waals surface area contributed by atoms with E-state index in [9.17, 15) is 19.3 Å². The Hall–Kier alpha value is -3.01. The molecule has 0 amide bonds. The Morgan fingerprint density at radius 3 is 2.80 bits per heavy atom. The van der Waals surface area contributed by atoms with Crippen LogP contribution in [0.2, 0.25) is 0 Å². The number of aromatic nitrogens is 1. The zero-order valence-electron chi connectivity index (χ0n) is 10.1. The molecule has 1 aromatic heterocycles. The first-order valence-electron chi connectivity index (χ1n) is 5.54. The predicted molar refractivity (Wildman–Crippen MR) is 67.6 cm³/mol. The number of hydrogen-bond donors (Lipinski definition) is 0. The van der Waals surface area contributed by atoms with Crippen LogP contribution in [0.25, 0.3) is 0 Å². The minimum absolute atomic E-state index is 0.0114. The van der Waals surface area contributed by atoms with Crippen LogP contribution in [0.4, 0.5) is 10.1 Å². The van der Waals surface area contributed by atoms with Crippen LogP contribution in [0.5, 0.6) is 0 Å². The SMILES string of the molecule is N#Cc1ccc(F)c(Cn2ccc(=O)c([N+](=O)[O-])c2)c1. The van der Waals surface area contributed by atoms with Gasteiger partial charge in [-0.2, -0.15) is 5.26 Å². The van der Waals surface area contributed by atoms with Crippen molar-refractivity contribution in [1.29, 1.82) is 5.26 Å². The number of rotatable bonds is 3. The minimum atomic E-state index is -0.791.